The highest BCUT2D eigenvalue weighted by molar-refractivity contribution is 9.10. The molecule has 0 bridgehead atoms. The third-order valence-corrected chi connectivity index (χ3v) is 2.72. The Labute approximate surface area is 101 Å². The Morgan fingerprint density at radius 3 is 2.94 bits per heavy atom. The lowest BCUT2D eigenvalue weighted by Gasteiger charge is -1.98. The maximum atomic E-state index is 13.0. The van der Waals surface area contributed by atoms with E-state index in [-0.39, 0.29) is 5.82 Å². The summed E-state index contributed by atoms with van der Waals surface area (Å²) in [7, 11) is 0. The van der Waals surface area contributed by atoms with Gasteiger partial charge in [-0.3, -0.25) is 0 Å². The molecule has 0 fully saturated rings. The van der Waals surface area contributed by atoms with Crippen molar-refractivity contribution in [2.45, 2.75) is 6.42 Å². The van der Waals surface area contributed by atoms with E-state index in [4.69, 9.17) is 10.2 Å². The van der Waals surface area contributed by atoms with Gasteiger partial charge in [0.05, 0.1) is 10.7 Å². The number of hydrogen-bond acceptors (Lipinski definition) is 3. The smallest absolute Gasteiger partial charge is 0.196 e. The van der Waals surface area contributed by atoms with Crippen LogP contribution in [0.4, 0.5) is 4.39 Å². The van der Waals surface area contributed by atoms with E-state index in [1.165, 1.54) is 6.07 Å². The van der Waals surface area contributed by atoms with Gasteiger partial charge in [-0.1, -0.05) is 0 Å². The molecule has 16 heavy (non-hydrogen) atoms. The van der Waals surface area contributed by atoms with Gasteiger partial charge >= 0.3 is 0 Å². The summed E-state index contributed by atoms with van der Waals surface area (Å²) in [5, 5.41) is 0. The molecule has 5 heteroatoms. The van der Waals surface area contributed by atoms with Gasteiger partial charge in [0.15, 0.2) is 11.7 Å². The topological polar surface area (TPSA) is 52.0 Å². The van der Waals surface area contributed by atoms with Gasteiger partial charge in [-0.2, -0.15) is 0 Å². The summed E-state index contributed by atoms with van der Waals surface area (Å²) in [5.74, 6) is 0.910. The van der Waals surface area contributed by atoms with Gasteiger partial charge in [-0.15, -0.1) is 0 Å². The molecular formula is C11H10BrFN2O. The molecule has 1 aromatic carbocycles. The molecule has 2 rings (SSSR count). The first kappa shape index (κ1) is 11.3. The standard InChI is InChI=1S/C11H10BrFN2O/c12-8-5-7(1-2-9(8)13)10-6-15-11(16-10)3-4-14/h1-2,5-6H,3-4,14H2. The van der Waals surface area contributed by atoms with E-state index in [1.54, 1.807) is 18.3 Å². The zero-order valence-corrected chi connectivity index (χ0v) is 10.00. The predicted octanol–water partition coefficient (Wildman–Crippen LogP) is 2.74. The van der Waals surface area contributed by atoms with Gasteiger partial charge < -0.3 is 10.2 Å². The van der Waals surface area contributed by atoms with Crippen LogP contribution in [0, 0.1) is 5.82 Å². The Morgan fingerprint density at radius 2 is 2.25 bits per heavy atom. The number of aromatic nitrogens is 1. The largest absolute Gasteiger partial charge is 0.441 e. The van der Waals surface area contributed by atoms with Gasteiger partial charge in [0.1, 0.15) is 5.82 Å². The third kappa shape index (κ3) is 2.31. The Balaban J connectivity index is 2.31. The fourth-order valence-electron chi connectivity index (χ4n) is 1.33. The van der Waals surface area contributed by atoms with Crippen LogP contribution in [0.25, 0.3) is 11.3 Å². The summed E-state index contributed by atoms with van der Waals surface area (Å²) in [6.07, 6.45) is 2.22. The number of rotatable bonds is 3. The maximum Gasteiger partial charge on any atom is 0.196 e. The van der Waals surface area contributed by atoms with Crippen molar-refractivity contribution in [3.63, 3.8) is 0 Å². The highest BCUT2D eigenvalue weighted by Crippen LogP contribution is 2.25. The molecule has 0 radical (unpaired) electrons. The molecule has 0 aliphatic heterocycles. The van der Waals surface area contributed by atoms with E-state index < -0.39 is 0 Å². The Hall–Kier alpha value is -1.20. The van der Waals surface area contributed by atoms with Crippen molar-refractivity contribution in [2.75, 3.05) is 6.54 Å². The van der Waals surface area contributed by atoms with Gasteiger partial charge in [0.2, 0.25) is 0 Å². The molecule has 0 atom stereocenters. The highest BCUT2D eigenvalue weighted by Gasteiger charge is 2.08. The van der Waals surface area contributed by atoms with Crippen LogP contribution in [0.5, 0.6) is 0 Å². The van der Waals surface area contributed by atoms with Crippen LogP contribution >= 0.6 is 15.9 Å². The molecule has 2 N–H and O–H groups in total. The van der Waals surface area contributed by atoms with Crippen molar-refractivity contribution < 1.29 is 8.81 Å². The average molecular weight is 285 g/mol. The van der Waals surface area contributed by atoms with Crippen LogP contribution < -0.4 is 5.73 Å². The molecule has 3 nitrogen and oxygen atoms in total. The molecular weight excluding hydrogens is 275 g/mol. The number of oxazole rings is 1. The summed E-state index contributed by atoms with van der Waals surface area (Å²) in [6, 6.07) is 4.68. The molecule has 1 aromatic heterocycles. The fraction of sp³-hybridized carbons (Fsp3) is 0.182. The number of nitrogens with two attached hydrogens (primary N) is 1. The minimum absolute atomic E-state index is 0.301. The van der Waals surface area contributed by atoms with Gasteiger partial charge in [-0.05, 0) is 34.1 Å². The molecule has 0 unspecified atom stereocenters. The molecule has 0 amide bonds. The molecule has 0 saturated heterocycles. The lowest BCUT2D eigenvalue weighted by atomic mass is 10.2. The molecule has 0 spiro atoms. The Bertz CT molecular complexity index is 498. The number of benzene rings is 1. The van der Waals surface area contributed by atoms with Crippen LogP contribution in [-0.2, 0) is 6.42 Å². The van der Waals surface area contributed by atoms with Crippen molar-refractivity contribution in [2.24, 2.45) is 5.73 Å². The summed E-state index contributed by atoms with van der Waals surface area (Å²) in [4.78, 5) is 4.08. The molecule has 0 saturated carbocycles. The number of hydrogen-bond donors (Lipinski definition) is 1. The second kappa shape index (κ2) is 4.76. The van der Waals surface area contributed by atoms with Crippen molar-refractivity contribution >= 4 is 15.9 Å². The molecule has 2 aromatic rings. The Morgan fingerprint density at radius 1 is 1.44 bits per heavy atom. The first-order valence-corrected chi connectivity index (χ1v) is 5.60. The Kier molecular flexibility index (Phi) is 3.36. The SMILES string of the molecule is NCCc1ncc(-c2ccc(F)c(Br)c2)o1. The van der Waals surface area contributed by atoms with Crippen LogP contribution in [0.1, 0.15) is 5.89 Å². The van der Waals surface area contributed by atoms with Gasteiger partial charge in [0.25, 0.3) is 0 Å². The van der Waals surface area contributed by atoms with Gasteiger partial charge in [0, 0.05) is 18.5 Å². The zero-order chi connectivity index (χ0) is 11.5. The summed E-state index contributed by atoms with van der Waals surface area (Å²) < 4.78 is 18.9. The molecule has 0 aliphatic carbocycles. The highest BCUT2D eigenvalue weighted by atomic mass is 79.9. The van der Waals surface area contributed by atoms with Crippen LogP contribution in [-0.4, -0.2) is 11.5 Å². The third-order valence-electron chi connectivity index (χ3n) is 2.12. The van der Waals surface area contributed by atoms with E-state index in [2.05, 4.69) is 20.9 Å². The summed E-state index contributed by atoms with van der Waals surface area (Å²) in [5.41, 5.74) is 6.18. The lowest BCUT2D eigenvalue weighted by Crippen LogP contribution is -2.02. The quantitative estimate of drug-likeness (QED) is 0.943. The molecule has 0 aliphatic rings. The van der Waals surface area contributed by atoms with Crippen molar-refractivity contribution in [3.8, 4) is 11.3 Å². The van der Waals surface area contributed by atoms with Crippen LogP contribution in [0.15, 0.2) is 33.3 Å². The summed E-state index contributed by atoms with van der Waals surface area (Å²) >= 11 is 3.12. The first-order chi connectivity index (χ1) is 7.70. The molecule has 84 valence electrons. The van der Waals surface area contributed by atoms with Crippen LogP contribution in [0.3, 0.4) is 0 Å². The summed E-state index contributed by atoms with van der Waals surface area (Å²) in [6.45, 7) is 0.493. The zero-order valence-electron chi connectivity index (χ0n) is 8.41. The van der Waals surface area contributed by atoms with E-state index in [1.807, 2.05) is 0 Å². The minimum atomic E-state index is -0.301. The normalized spacial score (nSPS) is 10.7. The number of nitrogens with zero attached hydrogens (tertiary/aromatic N) is 1. The van der Waals surface area contributed by atoms with Crippen molar-refractivity contribution in [1.82, 2.24) is 4.98 Å². The first-order valence-electron chi connectivity index (χ1n) is 4.81. The van der Waals surface area contributed by atoms with Crippen molar-refractivity contribution in [3.05, 3.63) is 40.6 Å². The monoisotopic (exact) mass is 284 g/mol. The van der Waals surface area contributed by atoms with Crippen LogP contribution in [0.2, 0.25) is 0 Å². The van der Waals surface area contributed by atoms with Gasteiger partial charge in [-0.25, -0.2) is 9.37 Å². The van der Waals surface area contributed by atoms with E-state index >= 15 is 0 Å². The number of halogens is 2. The minimum Gasteiger partial charge on any atom is -0.441 e. The fourth-order valence-corrected chi connectivity index (χ4v) is 1.71. The van der Waals surface area contributed by atoms with E-state index in [0.29, 0.717) is 29.1 Å². The van der Waals surface area contributed by atoms with E-state index in [0.717, 1.165) is 5.56 Å². The maximum absolute atomic E-state index is 13.0. The second-order valence-electron chi connectivity index (χ2n) is 3.29. The van der Waals surface area contributed by atoms with E-state index in [9.17, 15) is 4.39 Å². The lowest BCUT2D eigenvalue weighted by molar-refractivity contribution is 0.508. The predicted molar refractivity (Wildman–Crippen MR) is 62.4 cm³/mol. The second-order valence-corrected chi connectivity index (χ2v) is 4.14. The molecule has 1 heterocycles. The van der Waals surface area contributed by atoms with Crippen molar-refractivity contribution in [1.29, 1.82) is 0 Å². The average Bonchev–Trinajstić information content (AvgIpc) is 2.71.